The van der Waals surface area contributed by atoms with Crippen LogP contribution in [0.15, 0.2) is 48.5 Å². The number of nitrogens with zero attached hydrogens (tertiary/aromatic N) is 2. The molecule has 5 rings (SSSR count). The third-order valence-electron chi connectivity index (χ3n) is 5.26. The van der Waals surface area contributed by atoms with Crippen molar-refractivity contribution in [2.75, 3.05) is 24.4 Å². The lowest BCUT2D eigenvalue weighted by Gasteiger charge is -2.24. The minimum absolute atomic E-state index is 0.0928. The molecule has 2 aliphatic heterocycles. The highest BCUT2D eigenvalue weighted by atomic mass is 32.1. The van der Waals surface area contributed by atoms with Gasteiger partial charge in [-0.05, 0) is 35.9 Å². The normalized spacial score (nSPS) is 14.4. The van der Waals surface area contributed by atoms with E-state index >= 15 is 0 Å². The molecule has 0 spiro atoms. The van der Waals surface area contributed by atoms with Crippen LogP contribution in [-0.2, 0) is 17.8 Å². The van der Waals surface area contributed by atoms with Crippen LogP contribution < -0.4 is 20.5 Å². The molecule has 0 aliphatic carbocycles. The lowest BCUT2D eigenvalue weighted by atomic mass is 10.1. The molecule has 0 saturated carbocycles. The van der Waals surface area contributed by atoms with Gasteiger partial charge in [0.25, 0.3) is 5.91 Å². The van der Waals surface area contributed by atoms with Crippen LogP contribution in [0, 0.1) is 0 Å². The van der Waals surface area contributed by atoms with Gasteiger partial charge in [0.05, 0.1) is 23.6 Å². The van der Waals surface area contributed by atoms with Gasteiger partial charge in [0, 0.05) is 23.9 Å². The lowest BCUT2D eigenvalue weighted by molar-refractivity contribution is -0.126. The summed E-state index contributed by atoms with van der Waals surface area (Å²) in [5.74, 6) is 0.986. The van der Waals surface area contributed by atoms with E-state index in [2.05, 4.69) is 10.3 Å². The first-order chi connectivity index (χ1) is 15.6. The Labute approximate surface area is 188 Å². The van der Waals surface area contributed by atoms with E-state index in [4.69, 9.17) is 15.2 Å². The van der Waals surface area contributed by atoms with E-state index in [1.807, 2.05) is 18.2 Å². The second kappa shape index (κ2) is 8.35. The monoisotopic (exact) mass is 448 g/mol. The van der Waals surface area contributed by atoms with Crippen LogP contribution in [0.25, 0.3) is 6.08 Å². The SMILES string of the molecule is Nc1ccccc1NC(=O)c1nc2c(s1)CN(C(=O)/C=C/c1ccc3c(c1)OCO3)CC2. The Morgan fingerprint density at radius 1 is 1.16 bits per heavy atom. The average Bonchev–Trinajstić information content (AvgIpc) is 3.45. The predicted molar refractivity (Wildman–Crippen MR) is 122 cm³/mol. The van der Waals surface area contributed by atoms with Gasteiger partial charge < -0.3 is 25.4 Å². The maximum Gasteiger partial charge on any atom is 0.284 e. The maximum atomic E-state index is 12.7. The Morgan fingerprint density at radius 3 is 2.88 bits per heavy atom. The van der Waals surface area contributed by atoms with E-state index in [0.29, 0.717) is 47.4 Å². The fraction of sp³-hybridized carbons (Fsp3) is 0.174. The van der Waals surface area contributed by atoms with Crippen molar-refractivity contribution < 1.29 is 19.1 Å². The highest BCUT2D eigenvalue weighted by Crippen LogP contribution is 2.33. The van der Waals surface area contributed by atoms with Crippen molar-refractivity contribution in [3.05, 3.63) is 69.7 Å². The first-order valence-electron chi connectivity index (χ1n) is 10.1. The maximum absolute atomic E-state index is 12.7. The van der Waals surface area contributed by atoms with Gasteiger partial charge in [0.15, 0.2) is 16.5 Å². The van der Waals surface area contributed by atoms with Crippen molar-refractivity contribution in [1.29, 1.82) is 0 Å². The molecular formula is C23H20N4O4S. The summed E-state index contributed by atoms with van der Waals surface area (Å²) in [6.07, 6.45) is 3.92. The minimum Gasteiger partial charge on any atom is -0.454 e. The molecule has 32 heavy (non-hydrogen) atoms. The Kier molecular flexibility index (Phi) is 5.24. The first-order valence-corrected chi connectivity index (χ1v) is 10.9. The molecule has 162 valence electrons. The van der Waals surface area contributed by atoms with Gasteiger partial charge in [-0.1, -0.05) is 18.2 Å². The van der Waals surface area contributed by atoms with Crippen molar-refractivity contribution in [1.82, 2.24) is 9.88 Å². The van der Waals surface area contributed by atoms with Gasteiger partial charge in [0.2, 0.25) is 12.7 Å². The first kappa shape index (κ1) is 20.1. The van der Waals surface area contributed by atoms with Crippen LogP contribution in [-0.4, -0.2) is 35.0 Å². The van der Waals surface area contributed by atoms with Crippen LogP contribution in [0.4, 0.5) is 11.4 Å². The zero-order chi connectivity index (χ0) is 22.1. The van der Waals surface area contributed by atoms with E-state index in [1.54, 1.807) is 41.3 Å². The summed E-state index contributed by atoms with van der Waals surface area (Å²) >= 11 is 1.31. The number of ether oxygens (including phenoxy) is 2. The van der Waals surface area contributed by atoms with Crippen molar-refractivity contribution in [3.8, 4) is 11.5 Å². The highest BCUT2D eigenvalue weighted by molar-refractivity contribution is 7.13. The molecule has 0 bridgehead atoms. The van der Waals surface area contributed by atoms with Gasteiger partial charge in [-0.2, -0.15) is 0 Å². The van der Waals surface area contributed by atoms with Gasteiger partial charge in [0.1, 0.15) is 0 Å². The second-order valence-corrected chi connectivity index (χ2v) is 8.47. The van der Waals surface area contributed by atoms with Crippen LogP contribution in [0.1, 0.15) is 25.9 Å². The minimum atomic E-state index is -0.303. The van der Waals surface area contributed by atoms with Gasteiger partial charge in [-0.25, -0.2) is 4.98 Å². The van der Waals surface area contributed by atoms with Crippen LogP contribution in [0.5, 0.6) is 11.5 Å². The molecule has 3 heterocycles. The number of nitrogen functional groups attached to an aromatic ring is 1. The van der Waals surface area contributed by atoms with Crippen molar-refractivity contribution in [3.63, 3.8) is 0 Å². The van der Waals surface area contributed by atoms with E-state index in [0.717, 1.165) is 16.1 Å². The summed E-state index contributed by atoms with van der Waals surface area (Å²) < 4.78 is 10.7. The fourth-order valence-corrected chi connectivity index (χ4v) is 4.58. The number of fused-ring (bicyclic) bond motifs is 2. The summed E-state index contributed by atoms with van der Waals surface area (Å²) in [6.45, 7) is 1.19. The van der Waals surface area contributed by atoms with E-state index in [1.165, 1.54) is 11.3 Å². The topological polar surface area (TPSA) is 107 Å². The molecule has 0 radical (unpaired) electrons. The number of para-hydroxylation sites is 2. The number of anilines is 2. The summed E-state index contributed by atoms with van der Waals surface area (Å²) in [5, 5.41) is 3.16. The number of benzene rings is 2. The second-order valence-electron chi connectivity index (χ2n) is 7.39. The Morgan fingerprint density at radius 2 is 2.00 bits per heavy atom. The van der Waals surface area contributed by atoms with Crippen LogP contribution in [0.2, 0.25) is 0 Å². The molecule has 1 aromatic heterocycles. The fourth-order valence-electron chi connectivity index (χ4n) is 3.56. The lowest BCUT2D eigenvalue weighted by Crippen LogP contribution is -2.34. The molecule has 0 atom stereocenters. The van der Waals surface area contributed by atoms with Gasteiger partial charge >= 0.3 is 0 Å². The summed E-state index contributed by atoms with van der Waals surface area (Å²) in [6, 6.07) is 12.6. The molecule has 0 fully saturated rings. The van der Waals surface area contributed by atoms with Crippen LogP contribution in [0.3, 0.4) is 0 Å². The summed E-state index contributed by atoms with van der Waals surface area (Å²) in [5.41, 5.74) is 8.67. The van der Waals surface area contributed by atoms with Gasteiger partial charge in [-0.15, -0.1) is 11.3 Å². The molecule has 0 unspecified atom stereocenters. The Bertz CT molecular complexity index is 1240. The van der Waals surface area contributed by atoms with Crippen molar-refractivity contribution in [2.24, 2.45) is 0 Å². The molecule has 2 amide bonds. The van der Waals surface area contributed by atoms with E-state index in [-0.39, 0.29) is 18.6 Å². The number of thiazole rings is 1. The highest BCUT2D eigenvalue weighted by Gasteiger charge is 2.25. The third kappa shape index (κ3) is 4.02. The van der Waals surface area contributed by atoms with Gasteiger partial charge in [-0.3, -0.25) is 9.59 Å². The molecule has 3 N–H and O–H groups in total. The summed E-state index contributed by atoms with van der Waals surface area (Å²) in [4.78, 5) is 32.5. The largest absolute Gasteiger partial charge is 0.454 e. The predicted octanol–water partition coefficient (Wildman–Crippen LogP) is 3.30. The number of hydrogen-bond donors (Lipinski definition) is 2. The number of nitrogens with two attached hydrogens (primary N) is 1. The quantitative estimate of drug-likeness (QED) is 0.469. The zero-order valence-electron chi connectivity index (χ0n) is 17.0. The van der Waals surface area contributed by atoms with E-state index < -0.39 is 0 Å². The smallest absolute Gasteiger partial charge is 0.284 e. The molecule has 3 aromatic rings. The molecule has 0 saturated heterocycles. The molecule has 2 aromatic carbocycles. The third-order valence-corrected chi connectivity index (χ3v) is 6.34. The molecule has 8 nitrogen and oxygen atoms in total. The molecule has 2 aliphatic rings. The van der Waals surface area contributed by atoms with Crippen molar-refractivity contribution in [2.45, 2.75) is 13.0 Å². The average molecular weight is 449 g/mol. The van der Waals surface area contributed by atoms with Crippen molar-refractivity contribution >= 4 is 40.6 Å². The number of amides is 2. The zero-order valence-corrected chi connectivity index (χ0v) is 17.9. The number of nitrogens with one attached hydrogen (secondary N) is 1. The molecular weight excluding hydrogens is 428 g/mol. The number of carbonyl (C=O) groups is 2. The van der Waals surface area contributed by atoms with Crippen LogP contribution >= 0.6 is 11.3 Å². The van der Waals surface area contributed by atoms with E-state index in [9.17, 15) is 9.59 Å². The number of aromatic nitrogens is 1. The standard InChI is InChI=1S/C23H20N4O4S/c24-15-3-1-2-4-16(15)25-22(29)23-26-17-9-10-27(12-20(17)32-23)21(28)8-6-14-5-7-18-19(11-14)31-13-30-18/h1-8,11H,9-10,12-13,24H2,(H,25,29)/b8-6+. The Balaban J connectivity index is 1.24. The Hall–Kier alpha value is -3.85. The summed E-state index contributed by atoms with van der Waals surface area (Å²) in [7, 11) is 0. The number of hydrogen-bond acceptors (Lipinski definition) is 7. The number of rotatable bonds is 4. The molecule has 9 heteroatoms. The number of carbonyl (C=O) groups excluding carboxylic acids is 2.